The molecule has 8 heteroatoms. The maximum absolute atomic E-state index is 12.6. The molecule has 1 saturated heterocycles. The van der Waals surface area contributed by atoms with Crippen LogP contribution in [-0.4, -0.2) is 59.1 Å². The van der Waals surface area contributed by atoms with Crippen molar-refractivity contribution in [3.8, 4) is 5.75 Å². The highest BCUT2D eigenvalue weighted by molar-refractivity contribution is 6.47. The monoisotopic (exact) mass is 414 g/mol. The highest BCUT2D eigenvalue weighted by atomic mass is 16.5. The van der Waals surface area contributed by atoms with E-state index >= 15 is 0 Å². The van der Waals surface area contributed by atoms with Crippen LogP contribution in [0.4, 0.5) is 0 Å². The maximum Gasteiger partial charge on any atom is 0.547 e. The van der Waals surface area contributed by atoms with Crippen LogP contribution in [0.1, 0.15) is 67.3 Å². The molecule has 2 fully saturated rings. The lowest BCUT2D eigenvalue weighted by Gasteiger charge is -2.39. The van der Waals surface area contributed by atoms with Crippen LogP contribution in [-0.2, 0) is 11.2 Å². The molecule has 162 valence electrons. The van der Waals surface area contributed by atoms with E-state index in [-0.39, 0.29) is 17.2 Å². The third kappa shape index (κ3) is 4.81. The van der Waals surface area contributed by atoms with E-state index in [9.17, 15) is 19.7 Å². The summed E-state index contributed by atoms with van der Waals surface area (Å²) in [6.07, 6.45) is 9.27. The average molecular weight is 414 g/mol. The molecule has 30 heavy (non-hydrogen) atoms. The van der Waals surface area contributed by atoms with Crippen LogP contribution < -0.4 is 9.97 Å². The Morgan fingerprint density at radius 3 is 2.57 bits per heavy atom. The van der Waals surface area contributed by atoms with Crippen molar-refractivity contribution in [1.29, 1.82) is 0 Å². The Morgan fingerprint density at radius 1 is 1.13 bits per heavy atom. The fraction of sp³-hybridized carbons (Fsp3) is 0.636. The van der Waals surface area contributed by atoms with Gasteiger partial charge in [-0.15, -0.1) is 0 Å². The van der Waals surface area contributed by atoms with Crippen LogP contribution >= 0.6 is 0 Å². The molecule has 0 aromatic heterocycles. The number of fused-ring (bicyclic) bond motifs is 1. The van der Waals surface area contributed by atoms with Gasteiger partial charge in [0.1, 0.15) is 5.75 Å². The zero-order valence-electron chi connectivity index (χ0n) is 17.4. The molecule has 2 heterocycles. The molecular formula is C22H31BN2O5. The number of likely N-dealkylation sites (tertiary alicyclic amines) is 1. The summed E-state index contributed by atoms with van der Waals surface area (Å²) in [5, 5.41) is 22.5. The molecule has 1 saturated carbocycles. The number of piperidine rings is 1. The van der Waals surface area contributed by atoms with Gasteiger partial charge in [-0.1, -0.05) is 18.6 Å². The Morgan fingerprint density at radius 2 is 1.87 bits per heavy atom. The molecule has 3 N–H and O–H groups in total. The van der Waals surface area contributed by atoms with Gasteiger partial charge in [0.25, 0.3) is 0 Å². The molecule has 1 atom stereocenters. The number of carbonyl (C=O) groups excluding carboxylic acids is 1. The van der Waals surface area contributed by atoms with Crippen molar-refractivity contribution in [1.82, 2.24) is 10.2 Å². The molecule has 0 unspecified atom stereocenters. The molecule has 4 rings (SSSR count). The van der Waals surface area contributed by atoms with Gasteiger partial charge in [-0.05, 0) is 75.6 Å². The van der Waals surface area contributed by atoms with Crippen LogP contribution in [0.3, 0.4) is 0 Å². The number of benzene rings is 1. The fourth-order valence-corrected chi connectivity index (χ4v) is 5.24. The molecule has 1 aromatic carbocycles. The lowest BCUT2D eigenvalue weighted by molar-refractivity contribution is -0.122. The van der Waals surface area contributed by atoms with Crippen molar-refractivity contribution in [3.05, 3.63) is 29.3 Å². The van der Waals surface area contributed by atoms with E-state index in [1.165, 1.54) is 51.3 Å². The van der Waals surface area contributed by atoms with Gasteiger partial charge < -0.3 is 25.0 Å². The van der Waals surface area contributed by atoms with Gasteiger partial charge in [0.2, 0.25) is 5.91 Å². The van der Waals surface area contributed by atoms with E-state index in [2.05, 4.69) is 10.2 Å². The predicted molar refractivity (Wildman–Crippen MR) is 113 cm³/mol. The van der Waals surface area contributed by atoms with E-state index in [1.807, 2.05) is 0 Å². The molecule has 3 aliphatic rings. The number of nitrogens with one attached hydrogen (secondary N) is 1. The summed E-state index contributed by atoms with van der Waals surface area (Å²) in [6.45, 7) is 2.45. The number of carboxylic acids is 1. The van der Waals surface area contributed by atoms with Crippen molar-refractivity contribution < 1.29 is 24.4 Å². The largest absolute Gasteiger partial charge is 0.547 e. The van der Waals surface area contributed by atoms with Gasteiger partial charge in [0, 0.05) is 12.5 Å². The second-order valence-corrected chi connectivity index (χ2v) is 8.96. The number of hydrogen-bond donors (Lipinski definition) is 3. The van der Waals surface area contributed by atoms with Crippen molar-refractivity contribution in [2.45, 2.75) is 69.8 Å². The number of carboxylic acid groups (broad SMARTS) is 1. The molecule has 1 aliphatic carbocycles. The highest BCUT2D eigenvalue weighted by Crippen LogP contribution is 2.32. The summed E-state index contributed by atoms with van der Waals surface area (Å²) < 4.78 is 5.46. The molecule has 2 aliphatic heterocycles. The van der Waals surface area contributed by atoms with E-state index in [4.69, 9.17) is 4.65 Å². The van der Waals surface area contributed by atoms with Gasteiger partial charge in [0.05, 0.1) is 11.5 Å². The predicted octanol–water partition coefficient (Wildman–Crippen LogP) is 2.26. The van der Waals surface area contributed by atoms with Crippen molar-refractivity contribution in [2.75, 3.05) is 13.1 Å². The molecule has 0 bridgehead atoms. The maximum atomic E-state index is 12.6. The Bertz CT molecular complexity index is 775. The number of para-hydroxylation sites is 1. The zero-order valence-corrected chi connectivity index (χ0v) is 17.4. The van der Waals surface area contributed by atoms with Gasteiger partial charge in [-0.2, -0.15) is 0 Å². The Hall–Kier alpha value is -2.06. The smallest absolute Gasteiger partial charge is 0.534 e. The number of carbonyl (C=O) groups is 2. The number of aromatic carboxylic acids is 1. The van der Waals surface area contributed by atoms with Crippen LogP contribution in [0.2, 0.25) is 0 Å². The first-order chi connectivity index (χ1) is 14.5. The van der Waals surface area contributed by atoms with Crippen LogP contribution in [0, 0.1) is 5.92 Å². The standard InChI is InChI=1S/C22H31BN2O5/c26-20(13-15-7-9-17(10-8-15)25-11-2-1-3-12-25)24-19-14-16-5-4-6-18(22(27)28)21(16)30-23(19)29/h4-6,15,17,19,29H,1-3,7-14H2,(H,24,26)(H,27,28)/t15?,17?,19-/m0/s1. The highest BCUT2D eigenvalue weighted by Gasteiger charge is 2.38. The van der Waals surface area contributed by atoms with E-state index in [0.717, 1.165) is 12.8 Å². The van der Waals surface area contributed by atoms with Crippen LogP contribution in [0.5, 0.6) is 5.75 Å². The summed E-state index contributed by atoms with van der Waals surface area (Å²) in [6, 6.07) is 5.56. The summed E-state index contributed by atoms with van der Waals surface area (Å²) in [5.74, 6) is -1.15. The van der Waals surface area contributed by atoms with Gasteiger partial charge in [-0.25, -0.2) is 4.79 Å². The van der Waals surface area contributed by atoms with Gasteiger partial charge >= 0.3 is 13.1 Å². The second-order valence-electron chi connectivity index (χ2n) is 8.96. The topological polar surface area (TPSA) is 99.1 Å². The third-order valence-corrected chi connectivity index (χ3v) is 6.89. The normalized spacial score (nSPS) is 27.1. The summed E-state index contributed by atoms with van der Waals surface area (Å²) in [4.78, 5) is 26.6. The molecule has 0 spiro atoms. The first-order valence-electron chi connectivity index (χ1n) is 11.2. The Labute approximate surface area is 177 Å². The summed E-state index contributed by atoms with van der Waals surface area (Å²) in [5.41, 5.74) is 0.717. The molecule has 1 amide bonds. The van der Waals surface area contributed by atoms with E-state index in [1.54, 1.807) is 12.1 Å². The summed E-state index contributed by atoms with van der Waals surface area (Å²) in [7, 11) is -1.25. The first kappa shape index (κ1) is 21.2. The third-order valence-electron chi connectivity index (χ3n) is 6.89. The number of hydrogen-bond acceptors (Lipinski definition) is 5. The number of nitrogens with zero attached hydrogens (tertiary/aromatic N) is 1. The zero-order chi connectivity index (χ0) is 21.1. The van der Waals surface area contributed by atoms with Crippen LogP contribution in [0.25, 0.3) is 0 Å². The molecule has 0 radical (unpaired) electrons. The van der Waals surface area contributed by atoms with Gasteiger partial charge in [0.15, 0.2) is 0 Å². The minimum atomic E-state index is -1.25. The minimum Gasteiger partial charge on any atom is -0.534 e. The van der Waals surface area contributed by atoms with Crippen molar-refractivity contribution in [3.63, 3.8) is 0 Å². The van der Waals surface area contributed by atoms with E-state index in [0.29, 0.717) is 30.4 Å². The second kappa shape index (κ2) is 9.39. The summed E-state index contributed by atoms with van der Waals surface area (Å²) >= 11 is 0. The van der Waals surface area contributed by atoms with E-state index < -0.39 is 19.0 Å². The van der Waals surface area contributed by atoms with Crippen molar-refractivity contribution >= 4 is 19.0 Å². The molecule has 1 aromatic rings. The number of rotatable bonds is 5. The lowest BCUT2D eigenvalue weighted by Crippen LogP contribution is -2.53. The van der Waals surface area contributed by atoms with Crippen LogP contribution in [0.15, 0.2) is 18.2 Å². The lowest BCUT2D eigenvalue weighted by atomic mass is 9.72. The Balaban J connectivity index is 1.27. The quantitative estimate of drug-likeness (QED) is 0.640. The Kier molecular flexibility index (Phi) is 6.63. The van der Waals surface area contributed by atoms with Gasteiger partial charge in [-0.3, -0.25) is 4.79 Å². The fourth-order valence-electron chi connectivity index (χ4n) is 5.24. The SMILES string of the molecule is O=C(CC1CCC(N2CCCCC2)CC1)N[C@H]1Cc2cccc(C(=O)O)c2OB1O. The van der Waals surface area contributed by atoms with Crippen molar-refractivity contribution in [2.24, 2.45) is 5.92 Å². The minimum absolute atomic E-state index is 0.0294. The average Bonchev–Trinajstić information content (AvgIpc) is 2.75. The first-order valence-corrected chi connectivity index (χ1v) is 11.2. The number of amides is 1. The molecule has 7 nitrogen and oxygen atoms in total. The molecular weight excluding hydrogens is 383 g/mol.